The van der Waals surface area contributed by atoms with Crippen molar-refractivity contribution in [2.75, 3.05) is 45.3 Å². The standard InChI is InChI=1S/C24H32N4O3.HI/c1-29-21-9-4-3-8-19(21)20(28-12-5-2-6-13-28)17-26-24(25)27-18-10-11-22-23(16-18)31-15-7-14-30-22;/h3-4,8-11,16,20H,2,5-7,12-15,17H2,1H3,(H3,25,26,27);1H. The van der Waals surface area contributed by atoms with E-state index in [0.29, 0.717) is 25.7 Å². The van der Waals surface area contributed by atoms with Crippen molar-refractivity contribution in [3.05, 3.63) is 48.0 Å². The molecule has 2 heterocycles. The van der Waals surface area contributed by atoms with Gasteiger partial charge in [-0.3, -0.25) is 9.89 Å². The van der Waals surface area contributed by atoms with Crippen LogP contribution in [0.5, 0.6) is 17.2 Å². The summed E-state index contributed by atoms with van der Waals surface area (Å²) in [6.07, 6.45) is 4.58. The zero-order valence-corrected chi connectivity index (χ0v) is 20.9. The number of guanidine groups is 1. The van der Waals surface area contributed by atoms with E-state index in [4.69, 9.17) is 24.9 Å². The molecule has 1 atom stereocenters. The van der Waals surface area contributed by atoms with Gasteiger partial charge in [0.25, 0.3) is 0 Å². The first-order valence-corrected chi connectivity index (χ1v) is 11.1. The molecule has 3 N–H and O–H groups in total. The molecule has 2 aromatic carbocycles. The van der Waals surface area contributed by atoms with Crippen LogP contribution in [-0.4, -0.2) is 50.8 Å². The summed E-state index contributed by atoms with van der Waals surface area (Å²) < 4.78 is 17.1. The molecule has 1 saturated heterocycles. The fourth-order valence-corrected chi connectivity index (χ4v) is 4.20. The Morgan fingerprint density at radius 3 is 2.59 bits per heavy atom. The first-order valence-electron chi connectivity index (χ1n) is 11.1. The highest BCUT2D eigenvalue weighted by molar-refractivity contribution is 14.0. The first kappa shape index (κ1) is 24.4. The lowest BCUT2D eigenvalue weighted by molar-refractivity contribution is 0.165. The Kier molecular flexibility index (Phi) is 9.28. The van der Waals surface area contributed by atoms with E-state index in [0.717, 1.165) is 48.0 Å². The van der Waals surface area contributed by atoms with Crippen LogP contribution < -0.4 is 25.3 Å². The summed E-state index contributed by atoms with van der Waals surface area (Å²) in [6, 6.07) is 14.1. The van der Waals surface area contributed by atoms with Crippen LogP contribution in [0.3, 0.4) is 0 Å². The van der Waals surface area contributed by atoms with Crippen molar-refractivity contribution < 1.29 is 14.2 Å². The number of nitrogens with zero attached hydrogens (tertiary/aromatic N) is 2. The van der Waals surface area contributed by atoms with Gasteiger partial charge in [0.15, 0.2) is 17.5 Å². The molecular weight excluding hydrogens is 519 g/mol. The van der Waals surface area contributed by atoms with E-state index in [2.05, 4.69) is 22.3 Å². The minimum atomic E-state index is 0. The van der Waals surface area contributed by atoms with Crippen molar-refractivity contribution in [1.29, 1.82) is 0 Å². The molecule has 1 fully saturated rings. The number of aliphatic imine (C=N–C) groups is 1. The quantitative estimate of drug-likeness (QED) is 0.314. The van der Waals surface area contributed by atoms with E-state index in [1.165, 1.54) is 19.3 Å². The molecule has 2 aromatic rings. The monoisotopic (exact) mass is 552 g/mol. The molecule has 0 aromatic heterocycles. The molecule has 32 heavy (non-hydrogen) atoms. The number of nitrogens with one attached hydrogen (secondary N) is 1. The van der Waals surface area contributed by atoms with E-state index in [9.17, 15) is 0 Å². The minimum absolute atomic E-state index is 0. The Balaban J connectivity index is 0.00000289. The summed E-state index contributed by atoms with van der Waals surface area (Å²) in [7, 11) is 1.72. The maximum Gasteiger partial charge on any atom is 0.193 e. The van der Waals surface area contributed by atoms with Crippen molar-refractivity contribution >= 4 is 35.6 Å². The second-order valence-corrected chi connectivity index (χ2v) is 7.92. The number of anilines is 1. The molecule has 1 unspecified atom stereocenters. The van der Waals surface area contributed by atoms with Gasteiger partial charge in [-0.15, -0.1) is 24.0 Å². The number of fused-ring (bicyclic) bond motifs is 1. The van der Waals surface area contributed by atoms with Gasteiger partial charge in [0, 0.05) is 23.7 Å². The van der Waals surface area contributed by atoms with Gasteiger partial charge in [-0.1, -0.05) is 24.6 Å². The fraction of sp³-hybridized carbons (Fsp3) is 0.458. The van der Waals surface area contributed by atoms with Crippen LogP contribution in [0, 0.1) is 0 Å². The van der Waals surface area contributed by atoms with Crippen LogP contribution in [-0.2, 0) is 0 Å². The van der Waals surface area contributed by atoms with Crippen molar-refractivity contribution in [1.82, 2.24) is 4.90 Å². The van der Waals surface area contributed by atoms with E-state index >= 15 is 0 Å². The van der Waals surface area contributed by atoms with Gasteiger partial charge in [-0.2, -0.15) is 0 Å². The number of halogens is 1. The van der Waals surface area contributed by atoms with E-state index < -0.39 is 0 Å². The summed E-state index contributed by atoms with van der Waals surface area (Å²) in [5, 5.41) is 3.19. The third-order valence-electron chi connectivity index (χ3n) is 5.78. The van der Waals surface area contributed by atoms with E-state index in [-0.39, 0.29) is 30.0 Å². The largest absolute Gasteiger partial charge is 0.496 e. The molecule has 4 rings (SSSR count). The average molecular weight is 552 g/mol. The molecule has 0 bridgehead atoms. The Morgan fingerprint density at radius 2 is 1.81 bits per heavy atom. The van der Waals surface area contributed by atoms with Gasteiger partial charge >= 0.3 is 0 Å². The summed E-state index contributed by atoms with van der Waals surface area (Å²) >= 11 is 0. The average Bonchev–Trinajstić information content (AvgIpc) is 3.05. The summed E-state index contributed by atoms with van der Waals surface area (Å²) in [5.41, 5.74) is 8.24. The first-order chi connectivity index (χ1) is 15.2. The molecule has 7 nitrogen and oxygen atoms in total. The summed E-state index contributed by atoms with van der Waals surface area (Å²) in [4.78, 5) is 7.18. The van der Waals surface area contributed by atoms with Gasteiger partial charge in [0.2, 0.25) is 0 Å². The number of hydrogen-bond acceptors (Lipinski definition) is 5. The third kappa shape index (κ3) is 6.19. The lowest BCUT2D eigenvalue weighted by Crippen LogP contribution is -2.36. The van der Waals surface area contributed by atoms with Gasteiger partial charge in [0.1, 0.15) is 5.75 Å². The predicted octanol–water partition coefficient (Wildman–Crippen LogP) is 4.43. The van der Waals surface area contributed by atoms with Crippen molar-refractivity contribution in [2.45, 2.75) is 31.7 Å². The number of rotatable bonds is 6. The van der Waals surface area contributed by atoms with Gasteiger partial charge in [-0.05, 0) is 44.1 Å². The maximum absolute atomic E-state index is 6.26. The summed E-state index contributed by atoms with van der Waals surface area (Å²) in [5.74, 6) is 2.77. The number of likely N-dealkylation sites (tertiary alicyclic amines) is 1. The predicted molar refractivity (Wildman–Crippen MR) is 139 cm³/mol. The van der Waals surface area contributed by atoms with Crippen molar-refractivity contribution in [2.24, 2.45) is 10.7 Å². The molecule has 2 aliphatic rings. The number of nitrogens with two attached hydrogens (primary N) is 1. The Hall–Kier alpha value is -2.20. The molecule has 0 spiro atoms. The van der Waals surface area contributed by atoms with Crippen LogP contribution in [0.4, 0.5) is 5.69 Å². The molecule has 0 radical (unpaired) electrons. The zero-order chi connectivity index (χ0) is 21.5. The SMILES string of the molecule is COc1ccccc1C(CN=C(N)Nc1ccc2c(c1)OCCCO2)N1CCCCC1.I. The van der Waals surface area contributed by atoms with Crippen molar-refractivity contribution in [3.63, 3.8) is 0 Å². The second-order valence-electron chi connectivity index (χ2n) is 7.92. The molecular formula is C24H33IN4O3. The molecule has 174 valence electrons. The molecule has 2 aliphatic heterocycles. The van der Waals surface area contributed by atoms with E-state index in [1.54, 1.807) is 7.11 Å². The number of ether oxygens (including phenoxy) is 3. The maximum atomic E-state index is 6.26. The molecule has 0 amide bonds. The van der Waals surface area contributed by atoms with Crippen LogP contribution >= 0.6 is 24.0 Å². The lowest BCUT2D eigenvalue weighted by atomic mass is 10.0. The third-order valence-corrected chi connectivity index (χ3v) is 5.78. The Labute approximate surface area is 207 Å². The number of hydrogen-bond donors (Lipinski definition) is 2. The molecule has 0 saturated carbocycles. The highest BCUT2D eigenvalue weighted by Gasteiger charge is 2.24. The van der Waals surface area contributed by atoms with Crippen LogP contribution in [0.1, 0.15) is 37.3 Å². The number of piperidine rings is 1. The number of benzene rings is 2. The Bertz CT molecular complexity index is 903. The molecule has 8 heteroatoms. The van der Waals surface area contributed by atoms with Gasteiger partial charge < -0.3 is 25.3 Å². The minimum Gasteiger partial charge on any atom is -0.496 e. The molecule has 0 aliphatic carbocycles. The van der Waals surface area contributed by atoms with Gasteiger partial charge in [-0.25, -0.2) is 0 Å². The second kappa shape index (κ2) is 12.2. The van der Waals surface area contributed by atoms with Crippen molar-refractivity contribution in [3.8, 4) is 17.2 Å². The Morgan fingerprint density at radius 1 is 1.06 bits per heavy atom. The zero-order valence-electron chi connectivity index (χ0n) is 18.6. The van der Waals surface area contributed by atoms with Crippen LogP contribution in [0.2, 0.25) is 0 Å². The van der Waals surface area contributed by atoms with Gasteiger partial charge in [0.05, 0.1) is 32.9 Å². The smallest absolute Gasteiger partial charge is 0.193 e. The highest BCUT2D eigenvalue weighted by atomic mass is 127. The number of para-hydroxylation sites is 1. The normalized spacial score (nSPS) is 17.6. The highest BCUT2D eigenvalue weighted by Crippen LogP contribution is 2.33. The topological polar surface area (TPSA) is 81.3 Å². The van der Waals surface area contributed by atoms with E-state index in [1.807, 2.05) is 30.3 Å². The lowest BCUT2D eigenvalue weighted by Gasteiger charge is -2.34. The van der Waals surface area contributed by atoms with Crippen LogP contribution in [0.25, 0.3) is 0 Å². The number of methoxy groups -OCH3 is 1. The summed E-state index contributed by atoms with van der Waals surface area (Å²) in [6.45, 7) is 4.01. The van der Waals surface area contributed by atoms with Crippen LogP contribution in [0.15, 0.2) is 47.5 Å². The fourth-order valence-electron chi connectivity index (χ4n) is 4.20.